The largest absolute Gasteiger partial charge is 0.494 e. The summed E-state index contributed by atoms with van der Waals surface area (Å²) in [5.74, 6) is -1.24. The first-order chi connectivity index (χ1) is 29.1. The van der Waals surface area contributed by atoms with Crippen LogP contribution in [0.5, 0.6) is 0 Å². The lowest BCUT2D eigenvalue weighted by molar-refractivity contribution is -0.163. The molecule has 2 aromatic rings. The van der Waals surface area contributed by atoms with Crippen LogP contribution in [0.25, 0.3) is 0 Å². The molecule has 0 amide bonds. The fraction of sp³-hybridized carbons (Fsp3) is 0.652. The standard InChI is InChI=1S/C23H35BO6.C17H32O6.C6H7BO2/c1-6-23(4,21(26)27-5)17-22(2,3)20(25)28-15-11-10-14-19-16-29-24(30-19)18-12-8-7-9-13-18;1-6-17(4,15(21)22-5)12-16(2,3)14(20)23-10-8-7-9-13(19)11-18;8-7(9)6-4-2-1-3-5-6/h7-9,12-13,19H,6,10-11,14-17H2,1-5H3;13,18-19H,6-12H2,1-5H3;1-5,8-9H. The van der Waals surface area contributed by atoms with E-state index in [-0.39, 0.29) is 50.3 Å². The summed E-state index contributed by atoms with van der Waals surface area (Å²) < 4.78 is 32.2. The van der Waals surface area contributed by atoms with Gasteiger partial charge >= 0.3 is 38.1 Å². The molecule has 14 nitrogen and oxygen atoms in total. The highest BCUT2D eigenvalue weighted by molar-refractivity contribution is 6.61. The summed E-state index contributed by atoms with van der Waals surface area (Å²) >= 11 is 0. The molecule has 0 aliphatic carbocycles. The van der Waals surface area contributed by atoms with Crippen molar-refractivity contribution in [1.82, 2.24) is 0 Å². The zero-order valence-electron chi connectivity index (χ0n) is 38.9. The molecule has 4 N–H and O–H groups in total. The SMILES string of the molecule is CCC(C)(CC(C)(C)C(=O)OCCCCC(O)CO)C(=O)OC.CCC(C)(CC(C)(C)C(=O)OCCCCC1COB(c2ccccc2)O1)C(=O)OC.OB(O)c1ccccc1. The van der Waals surface area contributed by atoms with Gasteiger partial charge < -0.3 is 48.5 Å². The fourth-order valence-electron chi connectivity index (χ4n) is 7.05. The molecule has 0 spiro atoms. The van der Waals surface area contributed by atoms with Crippen molar-refractivity contribution in [2.24, 2.45) is 21.7 Å². The summed E-state index contributed by atoms with van der Waals surface area (Å²) in [6.45, 7) is 15.6. The number of aliphatic hydroxyl groups is 2. The van der Waals surface area contributed by atoms with Crippen molar-refractivity contribution in [2.75, 3.05) is 40.6 Å². The highest BCUT2D eigenvalue weighted by Crippen LogP contribution is 2.39. The number of methoxy groups -OCH3 is 2. The Morgan fingerprint density at radius 1 is 0.726 bits per heavy atom. The van der Waals surface area contributed by atoms with Gasteiger partial charge in [-0.15, -0.1) is 0 Å². The molecule has 16 heteroatoms. The van der Waals surface area contributed by atoms with Crippen molar-refractivity contribution >= 4 is 49.0 Å². The van der Waals surface area contributed by atoms with E-state index in [4.69, 9.17) is 43.4 Å². The number of hydrogen-bond acceptors (Lipinski definition) is 14. The van der Waals surface area contributed by atoms with Gasteiger partial charge in [0, 0.05) is 0 Å². The van der Waals surface area contributed by atoms with E-state index in [1.165, 1.54) is 14.2 Å². The highest BCUT2D eigenvalue weighted by atomic mass is 16.6. The molecule has 0 saturated carbocycles. The van der Waals surface area contributed by atoms with E-state index in [1.807, 2.05) is 71.0 Å². The van der Waals surface area contributed by atoms with E-state index in [9.17, 15) is 24.3 Å². The minimum Gasteiger partial charge on any atom is -0.469 e. The summed E-state index contributed by atoms with van der Waals surface area (Å²) in [5.41, 5.74) is -1.41. The Bertz CT molecular complexity index is 1590. The third-order valence-electron chi connectivity index (χ3n) is 11.1. The maximum absolute atomic E-state index is 12.6. The van der Waals surface area contributed by atoms with E-state index >= 15 is 0 Å². The third kappa shape index (κ3) is 19.7. The minimum atomic E-state index is -1.34. The topological polar surface area (TPSA) is 205 Å². The second kappa shape index (κ2) is 28.1. The van der Waals surface area contributed by atoms with E-state index in [1.54, 1.807) is 45.0 Å². The summed E-state index contributed by atoms with van der Waals surface area (Å²) in [4.78, 5) is 48.9. The minimum absolute atomic E-state index is 0.0627. The van der Waals surface area contributed by atoms with Crippen molar-refractivity contribution in [3.8, 4) is 0 Å². The first-order valence-electron chi connectivity index (χ1n) is 21.7. The number of esters is 4. The van der Waals surface area contributed by atoms with E-state index in [2.05, 4.69) is 0 Å². The monoisotopic (exact) mass is 873 g/mol. The molecule has 4 atom stereocenters. The molecule has 0 aromatic heterocycles. The Hall–Kier alpha value is -3.79. The zero-order valence-corrected chi connectivity index (χ0v) is 38.9. The van der Waals surface area contributed by atoms with Crippen LogP contribution < -0.4 is 10.9 Å². The van der Waals surface area contributed by atoms with Crippen LogP contribution in [0, 0.1) is 21.7 Å². The second-order valence-corrected chi connectivity index (χ2v) is 17.7. The molecule has 0 radical (unpaired) electrons. The number of aliphatic hydroxyl groups excluding tert-OH is 2. The lowest BCUT2D eigenvalue weighted by atomic mass is 9.72. The molecule has 1 heterocycles. The molecule has 1 fully saturated rings. The quantitative estimate of drug-likeness (QED) is 0.0506. The fourth-order valence-corrected chi connectivity index (χ4v) is 7.05. The lowest BCUT2D eigenvalue weighted by Crippen LogP contribution is -2.38. The molecule has 1 aliphatic rings. The normalized spacial score (nSPS) is 16.2. The first kappa shape index (κ1) is 56.2. The molecular formula is C46H74B2O14. The van der Waals surface area contributed by atoms with Gasteiger partial charge in [0.1, 0.15) is 0 Å². The Balaban J connectivity index is 0.000000528. The Morgan fingerprint density at radius 3 is 1.58 bits per heavy atom. The van der Waals surface area contributed by atoms with Crippen LogP contribution in [0.2, 0.25) is 0 Å². The van der Waals surface area contributed by atoms with Crippen molar-refractivity contribution < 1.29 is 67.7 Å². The molecule has 62 heavy (non-hydrogen) atoms. The van der Waals surface area contributed by atoms with Gasteiger partial charge in [0.05, 0.1) is 74.5 Å². The maximum atomic E-state index is 12.6. The van der Waals surface area contributed by atoms with Crippen LogP contribution in [-0.4, -0.2) is 111 Å². The van der Waals surface area contributed by atoms with Crippen molar-refractivity contribution in [3.05, 3.63) is 60.7 Å². The summed E-state index contributed by atoms with van der Waals surface area (Å²) in [5, 5.41) is 35.1. The Kier molecular flexibility index (Phi) is 25.5. The Morgan fingerprint density at radius 2 is 1.18 bits per heavy atom. The third-order valence-corrected chi connectivity index (χ3v) is 11.1. The van der Waals surface area contributed by atoms with E-state index in [0.717, 1.165) is 24.7 Å². The maximum Gasteiger partial charge on any atom is 0.494 e. The summed E-state index contributed by atoms with van der Waals surface area (Å²) in [7, 11) is 1.09. The van der Waals surface area contributed by atoms with Gasteiger partial charge in [-0.3, -0.25) is 19.2 Å². The number of rotatable bonds is 23. The number of carbonyl (C=O) groups excluding carboxylic acids is 4. The van der Waals surface area contributed by atoms with E-state index in [0.29, 0.717) is 63.6 Å². The van der Waals surface area contributed by atoms with Gasteiger partial charge in [-0.1, -0.05) is 74.5 Å². The van der Waals surface area contributed by atoms with Crippen LogP contribution >= 0.6 is 0 Å². The first-order valence-corrected chi connectivity index (χ1v) is 21.7. The average molecular weight is 873 g/mol. The number of ether oxygens (including phenoxy) is 4. The lowest BCUT2D eigenvalue weighted by Gasteiger charge is -2.33. The van der Waals surface area contributed by atoms with Gasteiger partial charge in [0.25, 0.3) is 0 Å². The predicted octanol–water partition coefficient (Wildman–Crippen LogP) is 4.94. The van der Waals surface area contributed by atoms with Crippen LogP contribution in [0.4, 0.5) is 0 Å². The molecular weight excluding hydrogens is 798 g/mol. The van der Waals surface area contributed by atoms with Crippen molar-refractivity contribution in [1.29, 1.82) is 0 Å². The van der Waals surface area contributed by atoms with Gasteiger partial charge in [-0.2, -0.15) is 0 Å². The van der Waals surface area contributed by atoms with Crippen molar-refractivity contribution in [2.45, 2.75) is 132 Å². The van der Waals surface area contributed by atoms with Gasteiger partial charge in [0.2, 0.25) is 0 Å². The van der Waals surface area contributed by atoms with Crippen LogP contribution in [0.15, 0.2) is 60.7 Å². The smallest absolute Gasteiger partial charge is 0.469 e. The molecule has 3 rings (SSSR count). The summed E-state index contributed by atoms with van der Waals surface area (Å²) in [6, 6.07) is 18.6. The van der Waals surface area contributed by atoms with Crippen LogP contribution in [-0.2, 0) is 47.4 Å². The number of benzene rings is 2. The van der Waals surface area contributed by atoms with Gasteiger partial charge in [-0.25, -0.2) is 0 Å². The predicted molar refractivity (Wildman–Crippen MR) is 239 cm³/mol. The van der Waals surface area contributed by atoms with E-state index < -0.39 is 34.9 Å². The Labute approximate surface area is 370 Å². The molecule has 2 aromatic carbocycles. The van der Waals surface area contributed by atoms with Crippen LogP contribution in [0.1, 0.15) is 120 Å². The number of unbranched alkanes of at least 4 members (excludes halogenated alkanes) is 2. The molecule has 348 valence electrons. The molecule has 0 bridgehead atoms. The number of carbonyl (C=O) groups is 4. The second-order valence-electron chi connectivity index (χ2n) is 17.7. The average Bonchev–Trinajstić information content (AvgIpc) is 3.74. The number of hydrogen-bond donors (Lipinski definition) is 4. The van der Waals surface area contributed by atoms with Gasteiger partial charge in [-0.05, 0) is 117 Å². The zero-order chi connectivity index (χ0) is 47.0. The highest BCUT2D eigenvalue weighted by Gasteiger charge is 2.44. The van der Waals surface area contributed by atoms with Crippen LogP contribution in [0.3, 0.4) is 0 Å². The van der Waals surface area contributed by atoms with Gasteiger partial charge in [0.15, 0.2) is 0 Å². The molecule has 1 saturated heterocycles. The summed E-state index contributed by atoms with van der Waals surface area (Å²) in [6.07, 6.45) is 5.55. The molecule has 4 unspecified atom stereocenters. The van der Waals surface area contributed by atoms with Crippen molar-refractivity contribution in [3.63, 3.8) is 0 Å². The molecule has 1 aliphatic heterocycles.